The van der Waals surface area contributed by atoms with Gasteiger partial charge in [-0.3, -0.25) is 0 Å². The standard InChI is InChI=1S/C16H15F2N5/c17-13-5-1-11(2-6-13)9-19-15-21-16(23-22-15)20-10-12-3-7-14(18)8-4-12/h1-8H,9-10H2,(H3,19,20,21,22,23). The Morgan fingerprint density at radius 2 is 1.30 bits per heavy atom. The van der Waals surface area contributed by atoms with Gasteiger partial charge in [0.1, 0.15) is 11.6 Å². The summed E-state index contributed by atoms with van der Waals surface area (Å²) in [6.45, 7) is 1.00. The zero-order valence-electron chi connectivity index (χ0n) is 12.2. The second-order valence-electron chi connectivity index (χ2n) is 4.97. The van der Waals surface area contributed by atoms with Gasteiger partial charge in [-0.2, -0.15) is 4.98 Å². The molecule has 0 saturated carbocycles. The number of halogens is 2. The largest absolute Gasteiger partial charge is 0.350 e. The number of aromatic nitrogens is 3. The van der Waals surface area contributed by atoms with Crippen LogP contribution in [0.2, 0.25) is 0 Å². The number of aromatic amines is 1. The zero-order chi connectivity index (χ0) is 16.1. The van der Waals surface area contributed by atoms with Crippen molar-refractivity contribution in [1.29, 1.82) is 0 Å². The summed E-state index contributed by atoms with van der Waals surface area (Å²) in [6.07, 6.45) is 0. The summed E-state index contributed by atoms with van der Waals surface area (Å²) in [7, 11) is 0. The van der Waals surface area contributed by atoms with Gasteiger partial charge in [-0.05, 0) is 35.4 Å². The van der Waals surface area contributed by atoms with Crippen LogP contribution in [-0.4, -0.2) is 15.2 Å². The molecule has 118 valence electrons. The predicted molar refractivity (Wildman–Crippen MR) is 83.8 cm³/mol. The summed E-state index contributed by atoms with van der Waals surface area (Å²) in [5.74, 6) is 0.423. The first-order valence-corrected chi connectivity index (χ1v) is 7.08. The average Bonchev–Trinajstić information content (AvgIpc) is 3.02. The van der Waals surface area contributed by atoms with Crippen LogP contribution in [0.4, 0.5) is 20.7 Å². The monoisotopic (exact) mass is 315 g/mol. The Hall–Kier alpha value is -2.96. The summed E-state index contributed by atoms with van der Waals surface area (Å²) in [5, 5.41) is 12.9. The quantitative estimate of drug-likeness (QED) is 0.653. The lowest BCUT2D eigenvalue weighted by Gasteiger charge is -2.03. The molecule has 7 heteroatoms. The van der Waals surface area contributed by atoms with Crippen LogP contribution < -0.4 is 10.6 Å². The fourth-order valence-corrected chi connectivity index (χ4v) is 1.99. The maximum atomic E-state index is 12.8. The van der Waals surface area contributed by atoms with E-state index in [4.69, 9.17) is 0 Å². The first kappa shape index (κ1) is 15.0. The highest BCUT2D eigenvalue weighted by Gasteiger charge is 2.03. The highest BCUT2D eigenvalue weighted by molar-refractivity contribution is 5.35. The highest BCUT2D eigenvalue weighted by Crippen LogP contribution is 2.09. The number of rotatable bonds is 6. The van der Waals surface area contributed by atoms with Gasteiger partial charge in [0.25, 0.3) is 0 Å². The molecule has 0 spiro atoms. The van der Waals surface area contributed by atoms with Gasteiger partial charge in [-0.25, -0.2) is 13.9 Å². The lowest BCUT2D eigenvalue weighted by molar-refractivity contribution is 0.626. The lowest BCUT2D eigenvalue weighted by Crippen LogP contribution is -2.02. The molecule has 0 bridgehead atoms. The second-order valence-corrected chi connectivity index (χ2v) is 4.97. The van der Waals surface area contributed by atoms with E-state index in [0.717, 1.165) is 11.1 Å². The molecule has 23 heavy (non-hydrogen) atoms. The van der Waals surface area contributed by atoms with E-state index in [1.54, 1.807) is 24.3 Å². The van der Waals surface area contributed by atoms with E-state index in [9.17, 15) is 8.78 Å². The van der Waals surface area contributed by atoms with E-state index < -0.39 is 0 Å². The summed E-state index contributed by atoms with van der Waals surface area (Å²) < 4.78 is 25.6. The molecule has 3 rings (SSSR count). The number of nitrogens with one attached hydrogen (secondary N) is 3. The van der Waals surface area contributed by atoms with Gasteiger partial charge in [0.05, 0.1) is 0 Å². The lowest BCUT2D eigenvalue weighted by atomic mass is 10.2. The number of hydrogen-bond donors (Lipinski definition) is 3. The van der Waals surface area contributed by atoms with Crippen LogP contribution >= 0.6 is 0 Å². The first-order chi connectivity index (χ1) is 11.2. The van der Waals surface area contributed by atoms with Crippen molar-refractivity contribution in [2.45, 2.75) is 13.1 Å². The third-order valence-electron chi connectivity index (χ3n) is 3.22. The van der Waals surface area contributed by atoms with Crippen molar-refractivity contribution >= 4 is 11.9 Å². The molecule has 0 radical (unpaired) electrons. The van der Waals surface area contributed by atoms with E-state index in [1.165, 1.54) is 24.3 Å². The second kappa shape index (κ2) is 6.87. The van der Waals surface area contributed by atoms with Gasteiger partial charge in [-0.15, -0.1) is 5.10 Å². The van der Waals surface area contributed by atoms with Gasteiger partial charge >= 0.3 is 0 Å². The molecule has 0 fully saturated rings. The minimum Gasteiger partial charge on any atom is -0.350 e. The Balaban J connectivity index is 1.51. The van der Waals surface area contributed by atoms with Crippen LogP contribution in [0, 0.1) is 11.6 Å². The van der Waals surface area contributed by atoms with Crippen molar-refractivity contribution in [1.82, 2.24) is 15.2 Å². The number of hydrogen-bond acceptors (Lipinski definition) is 4. The van der Waals surface area contributed by atoms with Crippen molar-refractivity contribution in [2.24, 2.45) is 0 Å². The molecule has 1 heterocycles. The van der Waals surface area contributed by atoms with Crippen LogP contribution in [-0.2, 0) is 13.1 Å². The Bertz CT molecular complexity index is 689. The number of anilines is 2. The maximum Gasteiger partial charge on any atom is 0.243 e. The van der Waals surface area contributed by atoms with Crippen molar-refractivity contribution in [2.75, 3.05) is 10.6 Å². The van der Waals surface area contributed by atoms with Crippen LogP contribution in [0.3, 0.4) is 0 Å². The Kier molecular flexibility index (Phi) is 4.46. The van der Waals surface area contributed by atoms with E-state index >= 15 is 0 Å². The summed E-state index contributed by atoms with van der Waals surface area (Å²) in [5.41, 5.74) is 1.86. The third kappa shape index (κ3) is 4.26. The van der Waals surface area contributed by atoms with Gasteiger partial charge in [0.2, 0.25) is 11.9 Å². The van der Waals surface area contributed by atoms with E-state index in [2.05, 4.69) is 25.8 Å². The normalized spacial score (nSPS) is 10.5. The Morgan fingerprint density at radius 1 is 0.783 bits per heavy atom. The average molecular weight is 315 g/mol. The number of H-pyrrole nitrogens is 1. The van der Waals surface area contributed by atoms with E-state index in [0.29, 0.717) is 25.0 Å². The predicted octanol–water partition coefficient (Wildman–Crippen LogP) is 3.31. The van der Waals surface area contributed by atoms with Crippen molar-refractivity contribution in [3.05, 3.63) is 71.3 Å². The van der Waals surface area contributed by atoms with Crippen LogP contribution in [0.25, 0.3) is 0 Å². The van der Waals surface area contributed by atoms with Crippen molar-refractivity contribution < 1.29 is 8.78 Å². The SMILES string of the molecule is Fc1ccc(CNc2n[nH]c(NCc3ccc(F)cc3)n2)cc1. The molecule has 0 aliphatic carbocycles. The molecule has 5 nitrogen and oxygen atoms in total. The molecule has 2 aromatic carbocycles. The van der Waals surface area contributed by atoms with Gasteiger partial charge in [-0.1, -0.05) is 24.3 Å². The van der Waals surface area contributed by atoms with Gasteiger partial charge in [0.15, 0.2) is 0 Å². The van der Waals surface area contributed by atoms with Gasteiger partial charge < -0.3 is 10.6 Å². The summed E-state index contributed by atoms with van der Waals surface area (Å²) >= 11 is 0. The van der Waals surface area contributed by atoms with Crippen LogP contribution in [0.5, 0.6) is 0 Å². The minimum atomic E-state index is -0.265. The molecule has 0 amide bonds. The first-order valence-electron chi connectivity index (χ1n) is 7.08. The fourth-order valence-electron chi connectivity index (χ4n) is 1.99. The Morgan fingerprint density at radius 3 is 1.87 bits per heavy atom. The molecular weight excluding hydrogens is 300 g/mol. The van der Waals surface area contributed by atoms with Crippen LogP contribution in [0.1, 0.15) is 11.1 Å². The molecule has 3 N–H and O–H groups in total. The van der Waals surface area contributed by atoms with Crippen molar-refractivity contribution in [3.63, 3.8) is 0 Å². The van der Waals surface area contributed by atoms with Crippen molar-refractivity contribution in [3.8, 4) is 0 Å². The molecule has 1 aromatic heterocycles. The van der Waals surface area contributed by atoms with Crippen LogP contribution in [0.15, 0.2) is 48.5 Å². The van der Waals surface area contributed by atoms with Gasteiger partial charge in [0, 0.05) is 13.1 Å². The Labute approximate surface area is 131 Å². The smallest absolute Gasteiger partial charge is 0.243 e. The number of nitrogens with zero attached hydrogens (tertiary/aromatic N) is 2. The fraction of sp³-hybridized carbons (Fsp3) is 0.125. The summed E-state index contributed by atoms with van der Waals surface area (Å²) in [4.78, 5) is 4.24. The maximum absolute atomic E-state index is 12.8. The van der Waals surface area contributed by atoms with E-state index in [1.807, 2.05) is 0 Å². The molecule has 0 unspecified atom stereocenters. The highest BCUT2D eigenvalue weighted by atomic mass is 19.1. The van der Waals surface area contributed by atoms with E-state index in [-0.39, 0.29) is 11.6 Å². The molecule has 0 saturated heterocycles. The zero-order valence-corrected chi connectivity index (χ0v) is 12.2. The third-order valence-corrected chi connectivity index (χ3v) is 3.22. The molecular formula is C16H15F2N5. The topological polar surface area (TPSA) is 65.6 Å². The number of benzene rings is 2. The summed E-state index contributed by atoms with van der Waals surface area (Å²) in [6, 6.07) is 12.4. The molecule has 0 aliphatic rings. The molecule has 0 atom stereocenters. The molecule has 0 aliphatic heterocycles. The minimum absolute atomic E-state index is 0.263. The molecule has 3 aromatic rings.